The fourth-order valence-corrected chi connectivity index (χ4v) is 3.70. The van der Waals surface area contributed by atoms with Crippen molar-refractivity contribution in [2.45, 2.75) is 45.4 Å². The van der Waals surface area contributed by atoms with Crippen LogP contribution in [0.3, 0.4) is 0 Å². The van der Waals surface area contributed by atoms with Crippen LogP contribution in [0, 0.1) is 12.8 Å². The van der Waals surface area contributed by atoms with Crippen molar-refractivity contribution in [1.29, 1.82) is 0 Å². The first-order chi connectivity index (χ1) is 11.7. The van der Waals surface area contributed by atoms with Crippen LogP contribution in [0.25, 0.3) is 11.1 Å². The van der Waals surface area contributed by atoms with Crippen LogP contribution in [-0.4, -0.2) is 12.9 Å². The van der Waals surface area contributed by atoms with Crippen LogP contribution in [-0.2, 0) is 11.2 Å². The lowest BCUT2D eigenvalue weighted by atomic mass is 9.83. The molecule has 24 heavy (non-hydrogen) atoms. The second-order valence-corrected chi connectivity index (χ2v) is 6.84. The molecule has 1 fully saturated rings. The summed E-state index contributed by atoms with van der Waals surface area (Å²) in [4.78, 5) is 12.8. The molecule has 1 saturated carbocycles. The van der Waals surface area contributed by atoms with Crippen molar-refractivity contribution in [3.63, 3.8) is 0 Å². The maximum absolute atomic E-state index is 12.8. The van der Waals surface area contributed by atoms with E-state index in [4.69, 9.17) is 4.74 Å². The molecule has 2 aromatic rings. The molecule has 2 aromatic carbocycles. The maximum atomic E-state index is 12.8. The van der Waals surface area contributed by atoms with Crippen molar-refractivity contribution >= 4 is 5.78 Å². The van der Waals surface area contributed by atoms with Crippen molar-refractivity contribution in [2.24, 2.45) is 5.92 Å². The lowest BCUT2D eigenvalue weighted by Crippen LogP contribution is -2.20. The van der Waals surface area contributed by atoms with Gasteiger partial charge in [0, 0.05) is 17.9 Å². The highest BCUT2D eigenvalue weighted by atomic mass is 16.5. The molecule has 0 atom stereocenters. The standard InChI is InChI=1S/C22H26O2/c1-16-11-13-18(14-12-16)22-19(9-6-10-21(22)24-2)15-20(23)17-7-4-3-5-8-17/h6,9-14,17H,3-5,7-8,15H2,1-2H3. The number of ketones is 1. The Labute approximate surface area is 144 Å². The minimum absolute atomic E-state index is 0.246. The number of carbonyl (C=O) groups is 1. The fourth-order valence-electron chi connectivity index (χ4n) is 3.70. The summed E-state index contributed by atoms with van der Waals surface area (Å²) in [5.41, 5.74) is 4.48. The van der Waals surface area contributed by atoms with Gasteiger partial charge in [-0.25, -0.2) is 0 Å². The third kappa shape index (κ3) is 3.69. The number of hydrogen-bond acceptors (Lipinski definition) is 2. The minimum Gasteiger partial charge on any atom is -0.496 e. The van der Waals surface area contributed by atoms with E-state index in [1.165, 1.54) is 24.8 Å². The molecule has 3 rings (SSSR count). The molecule has 0 radical (unpaired) electrons. The van der Waals surface area contributed by atoms with Crippen LogP contribution in [0.1, 0.15) is 43.2 Å². The van der Waals surface area contributed by atoms with E-state index in [0.29, 0.717) is 12.2 Å². The average molecular weight is 322 g/mol. The van der Waals surface area contributed by atoms with E-state index in [1.807, 2.05) is 12.1 Å². The van der Waals surface area contributed by atoms with E-state index in [0.717, 1.165) is 35.3 Å². The molecule has 126 valence electrons. The van der Waals surface area contributed by atoms with Crippen molar-refractivity contribution in [2.75, 3.05) is 7.11 Å². The zero-order chi connectivity index (χ0) is 16.9. The Balaban J connectivity index is 1.92. The quantitative estimate of drug-likeness (QED) is 0.740. The predicted octanol–water partition coefficient (Wildman–Crippen LogP) is 5.36. The highest BCUT2D eigenvalue weighted by molar-refractivity contribution is 5.87. The number of carbonyl (C=O) groups excluding carboxylic acids is 1. The highest BCUT2D eigenvalue weighted by Gasteiger charge is 2.23. The van der Waals surface area contributed by atoms with Crippen molar-refractivity contribution in [3.05, 3.63) is 53.6 Å². The molecule has 2 heteroatoms. The highest BCUT2D eigenvalue weighted by Crippen LogP contribution is 2.35. The molecule has 0 aliphatic heterocycles. The number of Topliss-reactive ketones (excluding diaryl/α,β-unsaturated/α-hetero) is 1. The third-order valence-electron chi connectivity index (χ3n) is 5.10. The summed E-state index contributed by atoms with van der Waals surface area (Å²) >= 11 is 0. The predicted molar refractivity (Wildman–Crippen MR) is 98.5 cm³/mol. The molecule has 1 aliphatic carbocycles. The van der Waals surface area contributed by atoms with Crippen molar-refractivity contribution in [1.82, 2.24) is 0 Å². The summed E-state index contributed by atoms with van der Waals surface area (Å²) in [6.45, 7) is 2.08. The van der Waals surface area contributed by atoms with Crippen molar-refractivity contribution in [3.8, 4) is 16.9 Å². The Morgan fingerprint density at radius 1 is 1.04 bits per heavy atom. The Kier molecular flexibility index (Phi) is 5.34. The van der Waals surface area contributed by atoms with Gasteiger partial charge in [0.15, 0.2) is 0 Å². The summed E-state index contributed by atoms with van der Waals surface area (Å²) in [6.07, 6.45) is 6.28. The first kappa shape index (κ1) is 16.8. The van der Waals surface area contributed by atoms with E-state index in [2.05, 4.69) is 37.3 Å². The Bertz CT molecular complexity index is 694. The van der Waals surface area contributed by atoms with Gasteiger partial charge in [-0.2, -0.15) is 0 Å². The summed E-state index contributed by atoms with van der Waals surface area (Å²) < 4.78 is 5.59. The molecular weight excluding hydrogens is 296 g/mol. The van der Waals surface area contributed by atoms with Gasteiger partial charge in [-0.3, -0.25) is 4.79 Å². The van der Waals surface area contributed by atoms with Crippen LogP contribution >= 0.6 is 0 Å². The van der Waals surface area contributed by atoms with Gasteiger partial charge in [0.1, 0.15) is 11.5 Å². The molecule has 0 bridgehead atoms. The summed E-state index contributed by atoms with van der Waals surface area (Å²) in [7, 11) is 1.69. The molecule has 1 aliphatic rings. The van der Waals surface area contributed by atoms with Gasteiger partial charge in [-0.1, -0.05) is 61.2 Å². The number of rotatable bonds is 5. The van der Waals surface area contributed by atoms with Crippen LogP contribution in [0.2, 0.25) is 0 Å². The first-order valence-corrected chi connectivity index (χ1v) is 8.94. The Morgan fingerprint density at radius 3 is 2.42 bits per heavy atom. The SMILES string of the molecule is COc1cccc(CC(=O)C2CCCCC2)c1-c1ccc(C)cc1. The largest absolute Gasteiger partial charge is 0.496 e. The van der Waals surface area contributed by atoms with Gasteiger partial charge in [0.2, 0.25) is 0 Å². The summed E-state index contributed by atoms with van der Waals surface area (Å²) in [6, 6.07) is 14.5. The second kappa shape index (κ2) is 7.65. The number of methoxy groups -OCH3 is 1. The maximum Gasteiger partial charge on any atom is 0.140 e. The number of ether oxygens (including phenoxy) is 1. The Morgan fingerprint density at radius 2 is 1.75 bits per heavy atom. The van der Waals surface area contributed by atoms with E-state index < -0.39 is 0 Å². The van der Waals surface area contributed by atoms with Gasteiger partial charge in [-0.05, 0) is 37.0 Å². The van der Waals surface area contributed by atoms with E-state index in [-0.39, 0.29) is 5.92 Å². The minimum atomic E-state index is 0.246. The topological polar surface area (TPSA) is 26.3 Å². The van der Waals surface area contributed by atoms with Gasteiger partial charge in [0.05, 0.1) is 7.11 Å². The molecule has 0 saturated heterocycles. The third-order valence-corrected chi connectivity index (χ3v) is 5.10. The van der Waals surface area contributed by atoms with Crippen molar-refractivity contribution < 1.29 is 9.53 Å². The number of hydrogen-bond donors (Lipinski definition) is 0. The monoisotopic (exact) mass is 322 g/mol. The van der Waals surface area contributed by atoms with E-state index in [1.54, 1.807) is 7.11 Å². The molecule has 0 spiro atoms. The lowest BCUT2D eigenvalue weighted by Gasteiger charge is -2.21. The van der Waals surface area contributed by atoms with Gasteiger partial charge in [0.25, 0.3) is 0 Å². The van der Waals surface area contributed by atoms with Crippen LogP contribution in [0.4, 0.5) is 0 Å². The van der Waals surface area contributed by atoms with Gasteiger partial charge in [-0.15, -0.1) is 0 Å². The molecule has 0 unspecified atom stereocenters. The summed E-state index contributed by atoms with van der Waals surface area (Å²) in [5.74, 6) is 1.47. The molecule has 0 amide bonds. The fraction of sp³-hybridized carbons (Fsp3) is 0.409. The normalized spacial score (nSPS) is 15.2. The number of aryl methyl sites for hydroxylation is 1. The van der Waals surface area contributed by atoms with E-state index >= 15 is 0 Å². The zero-order valence-electron chi connectivity index (χ0n) is 14.7. The smallest absolute Gasteiger partial charge is 0.140 e. The summed E-state index contributed by atoms with van der Waals surface area (Å²) in [5, 5.41) is 0. The van der Waals surface area contributed by atoms with Crippen LogP contribution in [0.5, 0.6) is 5.75 Å². The molecule has 0 N–H and O–H groups in total. The molecule has 0 aromatic heterocycles. The molecule has 2 nitrogen and oxygen atoms in total. The van der Waals surface area contributed by atoms with Crippen LogP contribution in [0.15, 0.2) is 42.5 Å². The van der Waals surface area contributed by atoms with Gasteiger partial charge >= 0.3 is 0 Å². The number of benzene rings is 2. The molecule has 0 heterocycles. The van der Waals surface area contributed by atoms with Gasteiger partial charge < -0.3 is 4.74 Å². The molecular formula is C22H26O2. The zero-order valence-corrected chi connectivity index (χ0v) is 14.7. The second-order valence-electron chi connectivity index (χ2n) is 6.84. The van der Waals surface area contributed by atoms with Crippen LogP contribution < -0.4 is 4.74 Å². The average Bonchev–Trinajstić information content (AvgIpc) is 2.63. The first-order valence-electron chi connectivity index (χ1n) is 8.94. The van der Waals surface area contributed by atoms with E-state index in [9.17, 15) is 4.79 Å². The lowest BCUT2D eigenvalue weighted by molar-refractivity contribution is -0.123. The Hall–Kier alpha value is -2.09.